The van der Waals surface area contributed by atoms with Gasteiger partial charge in [-0.25, -0.2) is 8.42 Å². The molecule has 0 saturated heterocycles. The quantitative estimate of drug-likeness (QED) is 0.789. The minimum atomic E-state index is -3.87. The molecule has 122 valence electrons. The number of ether oxygens (including phenoxy) is 1. The summed E-state index contributed by atoms with van der Waals surface area (Å²) in [6, 6.07) is 13.4. The number of hydrogen-bond donors (Lipinski definition) is 0. The summed E-state index contributed by atoms with van der Waals surface area (Å²) in [7, 11) is -2.63. The molecule has 0 N–H and O–H groups in total. The fourth-order valence-corrected chi connectivity index (χ4v) is 3.69. The number of methoxy groups -OCH3 is 1. The van der Waals surface area contributed by atoms with Gasteiger partial charge in [-0.3, -0.25) is 9.10 Å². The van der Waals surface area contributed by atoms with Crippen LogP contribution in [0, 0.1) is 13.8 Å². The summed E-state index contributed by atoms with van der Waals surface area (Å²) in [6.07, 6.45) is 0. The standard InChI is InChI=1S/C17H19NO4S/c1-13-8-7-11-16(14(13)2)18(12-17(19)22-3)23(20,21)15-9-5-4-6-10-15/h4-11H,12H2,1-3H3. The van der Waals surface area contributed by atoms with Gasteiger partial charge in [-0.2, -0.15) is 0 Å². The van der Waals surface area contributed by atoms with Crippen LogP contribution >= 0.6 is 0 Å². The van der Waals surface area contributed by atoms with Gasteiger partial charge in [-0.15, -0.1) is 0 Å². The summed E-state index contributed by atoms with van der Waals surface area (Å²) in [4.78, 5) is 11.9. The van der Waals surface area contributed by atoms with Crippen molar-refractivity contribution < 1.29 is 17.9 Å². The Balaban J connectivity index is 2.59. The van der Waals surface area contributed by atoms with E-state index in [1.165, 1.54) is 19.2 Å². The van der Waals surface area contributed by atoms with Crippen molar-refractivity contribution in [3.63, 3.8) is 0 Å². The van der Waals surface area contributed by atoms with Crippen LogP contribution in [0.4, 0.5) is 5.69 Å². The minimum Gasteiger partial charge on any atom is -0.468 e. The Labute approximate surface area is 136 Å². The highest BCUT2D eigenvalue weighted by atomic mass is 32.2. The third-order valence-corrected chi connectivity index (χ3v) is 5.45. The number of sulfonamides is 1. The number of hydrogen-bond acceptors (Lipinski definition) is 4. The van der Waals surface area contributed by atoms with Gasteiger partial charge < -0.3 is 4.74 Å². The molecule has 6 heteroatoms. The summed E-state index contributed by atoms with van der Waals surface area (Å²) in [5.41, 5.74) is 2.22. The maximum atomic E-state index is 13.0. The number of carbonyl (C=O) groups excluding carboxylic acids is 1. The number of anilines is 1. The third-order valence-electron chi connectivity index (χ3n) is 3.68. The lowest BCUT2D eigenvalue weighted by Gasteiger charge is -2.25. The van der Waals surface area contributed by atoms with Gasteiger partial charge in [-0.05, 0) is 43.2 Å². The van der Waals surface area contributed by atoms with Crippen molar-refractivity contribution in [3.05, 3.63) is 59.7 Å². The molecule has 0 heterocycles. The van der Waals surface area contributed by atoms with E-state index < -0.39 is 16.0 Å². The van der Waals surface area contributed by atoms with Crippen LogP contribution in [0.2, 0.25) is 0 Å². The minimum absolute atomic E-state index is 0.129. The van der Waals surface area contributed by atoms with Gasteiger partial charge in [0.05, 0.1) is 17.7 Å². The van der Waals surface area contributed by atoms with Gasteiger partial charge in [0.2, 0.25) is 0 Å². The van der Waals surface area contributed by atoms with Crippen molar-refractivity contribution in [3.8, 4) is 0 Å². The van der Waals surface area contributed by atoms with Crippen LogP contribution in [0.15, 0.2) is 53.4 Å². The highest BCUT2D eigenvalue weighted by molar-refractivity contribution is 7.92. The van der Waals surface area contributed by atoms with Crippen molar-refractivity contribution in [2.24, 2.45) is 0 Å². The largest absolute Gasteiger partial charge is 0.468 e. The fourth-order valence-electron chi connectivity index (χ4n) is 2.21. The van der Waals surface area contributed by atoms with Crippen LogP contribution in [0.5, 0.6) is 0 Å². The first kappa shape index (κ1) is 17.0. The van der Waals surface area contributed by atoms with Gasteiger partial charge in [0.25, 0.3) is 10.0 Å². The van der Waals surface area contributed by atoms with E-state index in [9.17, 15) is 13.2 Å². The van der Waals surface area contributed by atoms with Crippen molar-refractivity contribution in [2.45, 2.75) is 18.7 Å². The summed E-state index contributed by atoms with van der Waals surface area (Å²) in [5.74, 6) is -0.620. The van der Waals surface area contributed by atoms with Gasteiger partial charge in [0.15, 0.2) is 0 Å². The Morgan fingerprint density at radius 1 is 1.04 bits per heavy atom. The van der Waals surface area contributed by atoms with E-state index in [1.807, 2.05) is 19.9 Å². The molecule has 2 aromatic rings. The van der Waals surface area contributed by atoms with Crippen LogP contribution in [-0.2, 0) is 19.6 Å². The smallest absolute Gasteiger partial charge is 0.326 e. The van der Waals surface area contributed by atoms with Gasteiger partial charge in [0.1, 0.15) is 6.54 Å². The molecule has 0 aliphatic heterocycles. The van der Waals surface area contributed by atoms with E-state index in [-0.39, 0.29) is 11.4 Å². The molecule has 0 spiro atoms. The highest BCUT2D eigenvalue weighted by Crippen LogP contribution is 2.28. The first-order chi connectivity index (χ1) is 10.9. The van der Waals surface area contributed by atoms with E-state index in [1.54, 1.807) is 30.3 Å². The van der Waals surface area contributed by atoms with Crippen molar-refractivity contribution in [2.75, 3.05) is 18.0 Å². The second-order valence-electron chi connectivity index (χ2n) is 5.12. The third kappa shape index (κ3) is 3.53. The van der Waals surface area contributed by atoms with Crippen molar-refractivity contribution >= 4 is 21.7 Å². The van der Waals surface area contributed by atoms with Crippen molar-refractivity contribution in [1.82, 2.24) is 0 Å². The Kier molecular flexibility index (Phi) is 5.05. The van der Waals surface area contributed by atoms with Gasteiger partial charge >= 0.3 is 5.97 Å². The lowest BCUT2D eigenvalue weighted by molar-refractivity contribution is -0.138. The zero-order valence-electron chi connectivity index (χ0n) is 13.3. The van der Waals surface area contributed by atoms with Gasteiger partial charge in [-0.1, -0.05) is 30.3 Å². The normalized spacial score (nSPS) is 11.1. The molecule has 0 aromatic heterocycles. The monoisotopic (exact) mass is 333 g/mol. The van der Waals surface area contributed by atoms with Crippen LogP contribution < -0.4 is 4.31 Å². The molecule has 0 atom stereocenters. The average Bonchev–Trinajstić information content (AvgIpc) is 2.56. The Morgan fingerprint density at radius 3 is 2.30 bits per heavy atom. The molecule has 0 aliphatic carbocycles. The van der Waals surface area contributed by atoms with Crippen LogP contribution in [0.3, 0.4) is 0 Å². The summed E-state index contributed by atoms with van der Waals surface area (Å²) < 4.78 is 31.7. The molecule has 0 saturated carbocycles. The number of esters is 1. The summed E-state index contributed by atoms with van der Waals surface area (Å²) in [5, 5.41) is 0. The van der Waals surface area contributed by atoms with E-state index in [2.05, 4.69) is 4.74 Å². The first-order valence-electron chi connectivity index (χ1n) is 7.08. The van der Waals surface area contributed by atoms with E-state index in [0.717, 1.165) is 15.4 Å². The van der Waals surface area contributed by atoms with Crippen molar-refractivity contribution in [1.29, 1.82) is 0 Å². The zero-order chi connectivity index (χ0) is 17.0. The number of benzene rings is 2. The molecular weight excluding hydrogens is 314 g/mol. The highest BCUT2D eigenvalue weighted by Gasteiger charge is 2.28. The van der Waals surface area contributed by atoms with Crippen LogP contribution in [0.25, 0.3) is 0 Å². The lowest BCUT2D eigenvalue weighted by Crippen LogP contribution is -2.36. The molecule has 0 bridgehead atoms. The SMILES string of the molecule is COC(=O)CN(c1cccc(C)c1C)S(=O)(=O)c1ccccc1. The number of nitrogens with zero attached hydrogens (tertiary/aromatic N) is 1. The molecule has 23 heavy (non-hydrogen) atoms. The Morgan fingerprint density at radius 2 is 1.70 bits per heavy atom. The first-order valence-corrected chi connectivity index (χ1v) is 8.52. The van der Waals surface area contributed by atoms with Crippen LogP contribution in [-0.4, -0.2) is 28.0 Å². The van der Waals surface area contributed by atoms with E-state index >= 15 is 0 Å². The predicted octanol–water partition coefficient (Wildman–Crippen LogP) is 2.67. The van der Waals surface area contributed by atoms with Gasteiger partial charge in [0, 0.05) is 0 Å². The molecular formula is C17H19NO4S. The maximum Gasteiger partial charge on any atom is 0.326 e. The molecule has 2 rings (SSSR count). The van der Waals surface area contributed by atoms with Crippen LogP contribution in [0.1, 0.15) is 11.1 Å². The molecule has 0 unspecified atom stereocenters. The summed E-state index contributed by atoms with van der Waals surface area (Å²) >= 11 is 0. The number of aryl methyl sites for hydroxylation is 1. The molecule has 0 fully saturated rings. The maximum absolute atomic E-state index is 13.0. The Hall–Kier alpha value is -2.34. The zero-order valence-corrected chi connectivity index (χ0v) is 14.1. The fraction of sp³-hybridized carbons (Fsp3) is 0.235. The topological polar surface area (TPSA) is 63.7 Å². The molecule has 0 radical (unpaired) electrons. The predicted molar refractivity (Wildman–Crippen MR) is 88.9 cm³/mol. The Bertz CT molecular complexity index is 801. The second-order valence-corrected chi connectivity index (χ2v) is 6.98. The summed E-state index contributed by atoms with van der Waals surface area (Å²) in [6.45, 7) is 3.35. The molecule has 2 aromatic carbocycles. The number of rotatable bonds is 5. The number of carbonyl (C=O) groups is 1. The molecule has 0 amide bonds. The van der Waals surface area contributed by atoms with E-state index in [0.29, 0.717) is 5.69 Å². The molecule has 0 aliphatic rings. The second kappa shape index (κ2) is 6.83. The average molecular weight is 333 g/mol. The lowest BCUT2D eigenvalue weighted by atomic mass is 10.1. The molecule has 5 nitrogen and oxygen atoms in total. The van der Waals surface area contributed by atoms with E-state index in [4.69, 9.17) is 0 Å².